The number of thioether (sulfide) groups is 1. The summed E-state index contributed by atoms with van der Waals surface area (Å²) in [5.74, 6) is 0.860. The van der Waals surface area contributed by atoms with E-state index in [-0.39, 0.29) is 0 Å². The van der Waals surface area contributed by atoms with Crippen molar-refractivity contribution in [3.63, 3.8) is 0 Å². The average Bonchev–Trinajstić information content (AvgIpc) is 3.16. The highest BCUT2D eigenvalue weighted by Gasteiger charge is 2.14. The predicted molar refractivity (Wildman–Crippen MR) is 110 cm³/mol. The van der Waals surface area contributed by atoms with E-state index in [2.05, 4.69) is 48.9 Å². The van der Waals surface area contributed by atoms with Crippen molar-refractivity contribution in [2.45, 2.75) is 50.7 Å². The number of rotatable bonds is 10. The molecule has 1 aromatic rings. The number of hydrogen-bond acceptors (Lipinski definition) is 4. The van der Waals surface area contributed by atoms with Gasteiger partial charge in [-0.2, -0.15) is 0 Å². The van der Waals surface area contributed by atoms with Crippen LogP contribution in [0.15, 0.2) is 28.1 Å². The van der Waals surface area contributed by atoms with Crippen LogP contribution in [0.5, 0.6) is 0 Å². The van der Waals surface area contributed by atoms with Crippen molar-refractivity contribution < 1.29 is 9.47 Å². The Bertz CT molecular complexity index is 560. The molecule has 0 amide bonds. The average molecular weight is 380 g/mol. The topological polar surface area (TPSA) is 54.9 Å². The molecule has 1 atom stereocenters. The second-order valence-corrected chi connectivity index (χ2v) is 7.35. The van der Waals surface area contributed by atoms with Crippen LogP contribution < -0.4 is 10.6 Å². The molecule has 2 rings (SSSR count). The number of aliphatic imine (C=N–C) groups is 1. The van der Waals surface area contributed by atoms with E-state index >= 15 is 0 Å². The van der Waals surface area contributed by atoms with E-state index in [9.17, 15) is 0 Å². The van der Waals surface area contributed by atoms with Crippen molar-refractivity contribution in [2.75, 3.05) is 39.2 Å². The van der Waals surface area contributed by atoms with Crippen LogP contribution in [0, 0.1) is 6.92 Å². The molecule has 0 saturated carbocycles. The quantitative estimate of drug-likeness (QED) is 0.283. The lowest BCUT2D eigenvalue weighted by atomic mass is 10.1. The first-order valence-corrected chi connectivity index (χ1v) is 10.8. The van der Waals surface area contributed by atoms with Crippen molar-refractivity contribution in [3.8, 4) is 0 Å². The van der Waals surface area contributed by atoms with E-state index in [0.29, 0.717) is 12.6 Å². The van der Waals surface area contributed by atoms with Crippen LogP contribution in [0.2, 0.25) is 0 Å². The van der Waals surface area contributed by atoms with Crippen LogP contribution in [0.3, 0.4) is 0 Å². The SMILES string of the molecule is CCNC(=NCc1ccc(C)cc1SC)NCCCOCC1CCCO1. The van der Waals surface area contributed by atoms with E-state index in [1.54, 1.807) is 11.8 Å². The smallest absolute Gasteiger partial charge is 0.191 e. The molecule has 1 fully saturated rings. The lowest BCUT2D eigenvalue weighted by Gasteiger charge is -2.13. The van der Waals surface area contributed by atoms with Gasteiger partial charge in [-0.15, -0.1) is 11.8 Å². The Morgan fingerprint density at radius 3 is 3.00 bits per heavy atom. The second-order valence-electron chi connectivity index (χ2n) is 6.50. The van der Waals surface area contributed by atoms with Gasteiger partial charge in [-0.05, 0) is 56.6 Å². The third-order valence-electron chi connectivity index (χ3n) is 4.28. The first-order chi connectivity index (χ1) is 12.7. The summed E-state index contributed by atoms with van der Waals surface area (Å²) in [5, 5.41) is 6.70. The maximum atomic E-state index is 5.70. The molecular formula is C20H33N3O2S. The third kappa shape index (κ3) is 7.56. The van der Waals surface area contributed by atoms with E-state index < -0.39 is 0 Å². The molecule has 1 unspecified atom stereocenters. The fourth-order valence-electron chi connectivity index (χ4n) is 2.86. The van der Waals surface area contributed by atoms with E-state index in [1.165, 1.54) is 16.0 Å². The van der Waals surface area contributed by atoms with Crippen molar-refractivity contribution in [1.29, 1.82) is 0 Å². The number of ether oxygens (including phenoxy) is 2. The second kappa shape index (κ2) is 12.2. The van der Waals surface area contributed by atoms with E-state index in [1.807, 2.05) is 0 Å². The predicted octanol–water partition coefficient (Wildman–Crippen LogP) is 3.36. The van der Waals surface area contributed by atoms with Crippen molar-refractivity contribution in [1.82, 2.24) is 10.6 Å². The van der Waals surface area contributed by atoms with Crippen LogP contribution in [-0.4, -0.2) is 51.2 Å². The molecule has 5 nitrogen and oxygen atoms in total. The van der Waals surface area contributed by atoms with Gasteiger partial charge in [0, 0.05) is 31.2 Å². The summed E-state index contributed by atoms with van der Waals surface area (Å²) in [5.41, 5.74) is 2.55. The molecule has 1 saturated heterocycles. The Balaban J connectivity index is 1.72. The Morgan fingerprint density at radius 2 is 2.27 bits per heavy atom. The fraction of sp³-hybridized carbons (Fsp3) is 0.650. The molecule has 1 aliphatic heterocycles. The van der Waals surface area contributed by atoms with Crippen LogP contribution in [0.25, 0.3) is 0 Å². The molecule has 26 heavy (non-hydrogen) atoms. The van der Waals surface area contributed by atoms with Gasteiger partial charge in [0.05, 0.1) is 19.3 Å². The summed E-state index contributed by atoms with van der Waals surface area (Å²) >= 11 is 1.78. The summed E-state index contributed by atoms with van der Waals surface area (Å²) in [7, 11) is 0. The standard InChI is InChI=1S/C20H33N3O2S/c1-4-21-20(22-10-6-11-24-15-18-7-5-12-25-18)23-14-17-9-8-16(2)13-19(17)26-3/h8-9,13,18H,4-7,10-12,14-15H2,1-3H3,(H2,21,22,23). The van der Waals surface area contributed by atoms with Gasteiger partial charge in [-0.3, -0.25) is 0 Å². The number of nitrogens with one attached hydrogen (secondary N) is 2. The molecule has 1 aliphatic rings. The van der Waals surface area contributed by atoms with Gasteiger partial charge in [-0.25, -0.2) is 4.99 Å². The van der Waals surface area contributed by atoms with Gasteiger partial charge >= 0.3 is 0 Å². The van der Waals surface area contributed by atoms with Crippen LogP contribution in [-0.2, 0) is 16.0 Å². The third-order valence-corrected chi connectivity index (χ3v) is 5.10. The number of hydrogen-bond donors (Lipinski definition) is 2. The number of aryl methyl sites for hydroxylation is 1. The summed E-state index contributed by atoms with van der Waals surface area (Å²) in [6.07, 6.45) is 5.67. The van der Waals surface area contributed by atoms with Gasteiger partial charge in [0.25, 0.3) is 0 Å². The largest absolute Gasteiger partial charge is 0.379 e. The maximum absolute atomic E-state index is 5.70. The van der Waals surface area contributed by atoms with E-state index in [0.717, 1.165) is 58.1 Å². The minimum absolute atomic E-state index is 0.307. The number of nitrogens with zero attached hydrogens (tertiary/aromatic N) is 1. The molecule has 1 aromatic carbocycles. The molecule has 0 bridgehead atoms. The van der Waals surface area contributed by atoms with Gasteiger partial charge in [0.15, 0.2) is 5.96 Å². The number of guanidine groups is 1. The Kier molecular flexibility index (Phi) is 9.89. The molecule has 0 spiro atoms. The molecule has 1 heterocycles. The summed E-state index contributed by atoms with van der Waals surface area (Å²) in [6.45, 7) is 8.95. The minimum Gasteiger partial charge on any atom is -0.379 e. The molecule has 0 aromatic heterocycles. The first-order valence-electron chi connectivity index (χ1n) is 9.58. The molecule has 0 radical (unpaired) electrons. The first kappa shape index (κ1) is 21.1. The lowest BCUT2D eigenvalue weighted by Crippen LogP contribution is -2.38. The minimum atomic E-state index is 0.307. The Hall–Kier alpha value is -1.24. The fourth-order valence-corrected chi connectivity index (χ4v) is 3.56. The lowest BCUT2D eigenvalue weighted by molar-refractivity contribution is 0.0168. The van der Waals surface area contributed by atoms with Crippen molar-refractivity contribution in [2.24, 2.45) is 4.99 Å². The van der Waals surface area contributed by atoms with Crippen LogP contribution >= 0.6 is 11.8 Å². The summed E-state index contributed by atoms with van der Waals surface area (Å²) < 4.78 is 11.3. The molecule has 0 aliphatic carbocycles. The molecule has 6 heteroatoms. The number of benzene rings is 1. The van der Waals surface area contributed by atoms with E-state index in [4.69, 9.17) is 14.5 Å². The zero-order chi connectivity index (χ0) is 18.6. The zero-order valence-electron chi connectivity index (χ0n) is 16.3. The molecule has 146 valence electrons. The van der Waals surface area contributed by atoms with Gasteiger partial charge in [-0.1, -0.05) is 12.1 Å². The Morgan fingerprint density at radius 1 is 1.38 bits per heavy atom. The highest BCUT2D eigenvalue weighted by atomic mass is 32.2. The molecular weight excluding hydrogens is 346 g/mol. The van der Waals surface area contributed by atoms with Gasteiger partial charge < -0.3 is 20.1 Å². The van der Waals surface area contributed by atoms with Crippen LogP contribution in [0.4, 0.5) is 0 Å². The zero-order valence-corrected chi connectivity index (χ0v) is 17.2. The summed E-state index contributed by atoms with van der Waals surface area (Å²) in [6, 6.07) is 6.55. The van der Waals surface area contributed by atoms with Gasteiger partial charge in [0.2, 0.25) is 0 Å². The van der Waals surface area contributed by atoms with Crippen molar-refractivity contribution in [3.05, 3.63) is 29.3 Å². The highest BCUT2D eigenvalue weighted by Crippen LogP contribution is 2.22. The Labute approximate surface area is 162 Å². The van der Waals surface area contributed by atoms with Gasteiger partial charge in [0.1, 0.15) is 0 Å². The summed E-state index contributed by atoms with van der Waals surface area (Å²) in [4.78, 5) is 6.02. The highest BCUT2D eigenvalue weighted by molar-refractivity contribution is 7.98. The molecule has 2 N–H and O–H groups in total. The van der Waals surface area contributed by atoms with Crippen LogP contribution in [0.1, 0.15) is 37.3 Å². The van der Waals surface area contributed by atoms with Crippen molar-refractivity contribution >= 4 is 17.7 Å². The maximum Gasteiger partial charge on any atom is 0.191 e. The normalized spacial score (nSPS) is 17.5. The monoisotopic (exact) mass is 379 g/mol.